The number of nitrogens with zero attached hydrogens (tertiary/aromatic N) is 4. The molecule has 0 aliphatic carbocycles. The number of hydrogen-bond acceptors (Lipinski definition) is 7. The van der Waals surface area contributed by atoms with E-state index < -0.39 is 46.7 Å². The quantitative estimate of drug-likeness (QED) is 0.217. The van der Waals surface area contributed by atoms with Crippen LogP contribution in [0.15, 0.2) is 65.6 Å². The number of nitrogens with one attached hydrogen (secondary N) is 1. The van der Waals surface area contributed by atoms with Crippen LogP contribution in [-0.4, -0.2) is 70.1 Å². The van der Waals surface area contributed by atoms with Crippen molar-refractivity contribution < 1.29 is 31.8 Å². The van der Waals surface area contributed by atoms with Gasteiger partial charge in [0.05, 0.1) is 29.5 Å². The molecule has 4 aromatic rings. The molecule has 1 amide bonds. The van der Waals surface area contributed by atoms with Gasteiger partial charge in [-0.2, -0.15) is 10.2 Å². The lowest BCUT2D eigenvalue weighted by Crippen LogP contribution is -2.55. The molecule has 13 heteroatoms. The molecule has 0 bridgehead atoms. The molecule has 49 heavy (non-hydrogen) atoms. The number of rotatable bonds is 9. The number of benzene rings is 2. The van der Waals surface area contributed by atoms with E-state index in [4.69, 9.17) is 9.47 Å². The van der Waals surface area contributed by atoms with Crippen molar-refractivity contribution in [2.45, 2.75) is 63.8 Å². The number of aromatic nitrogens is 3. The molecule has 6 rings (SSSR count). The van der Waals surface area contributed by atoms with Crippen LogP contribution < -0.4 is 15.6 Å². The summed E-state index contributed by atoms with van der Waals surface area (Å²) in [5.74, 6) is -3.10. The number of halogens is 4. The van der Waals surface area contributed by atoms with Crippen molar-refractivity contribution in [2.24, 2.45) is 0 Å². The maximum Gasteiger partial charge on any atom is 0.254 e. The van der Waals surface area contributed by atoms with Crippen molar-refractivity contribution in [3.05, 3.63) is 105 Å². The minimum Gasteiger partial charge on any atom is -0.457 e. The highest BCUT2D eigenvalue weighted by Gasteiger charge is 2.34. The van der Waals surface area contributed by atoms with Crippen molar-refractivity contribution in [1.82, 2.24) is 25.0 Å². The molecule has 258 valence electrons. The van der Waals surface area contributed by atoms with E-state index in [9.17, 15) is 14.0 Å². The molecule has 0 radical (unpaired) electrons. The topological polar surface area (TPSA) is 98.6 Å². The van der Waals surface area contributed by atoms with Crippen LogP contribution in [0.25, 0.3) is 11.3 Å². The van der Waals surface area contributed by atoms with E-state index in [-0.39, 0.29) is 47.7 Å². The Kier molecular flexibility index (Phi) is 10.4. The van der Waals surface area contributed by atoms with Crippen molar-refractivity contribution in [3.8, 4) is 22.8 Å². The highest BCUT2D eigenvalue weighted by Crippen LogP contribution is 2.32. The molecule has 2 aliphatic rings. The second-order valence-corrected chi connectivity index (χ2v) is 12.7. The third-order valence-electron chi connectivity index (χ3n) is 9.00. The normalized spacial score (nSPS) is 18.8. The largest absolute Gasteiger partial charge is 0.457 e. The molecule has 4 heterocycles. The fourth-order valence-corrected chi connectivity index (χ4v) is 6.20. The lowest BCUT2D eigenvalue weighted by atomic mass is 9.98. The highest BCUT2D eigenvalue weighted by molar-refractivity contribution is 5.95. The second-order valence-electron chi connectivity index (χ2n) is 12.7. The van der Waals surface area contributed by atoms with Crippen LogP contribution in [0.5, 0.6) is 11.5 Å². The first-order valence-electron chi connectivity index (χ1n) is 16.3. The fraction of sp³-hybridized carbons (Fsp3) is 0.389. The number of likely N-dealkylation sites (tertiary alicyclic amines) is 1. The van der Waals surface area contributed by atoms with Gasteiger partial charge >= 0.3 is 0 Å². The molecule has 2 aliphatic heterocycles. The molecule has 9 nitrogen and oxygen atoms in total. The van der Waals surface area contributed by atoms with E-state index in [0.29, 0.717) is 31.9 Å². The SMILES string of the molecule is CC(C)c1ccc(-c2ccc(Oc3cc(C(=O)N[C@@H]4CCN(C5CCOCC5)C[C@@H]4F)c(F)cc3Cn3cc(F)ccc3=O)cc2F)nn1. The first-order valence-corrected chi connectivity index (χ1v) is 16.3. The summed E-state index contributed by atoms with van der Waals surface area (Å²) in [5, 5.41) is 10.9. The first kappa shape index (κ1) is 34.3. The van der Waals surface area contributed by atoms with Gasteiger partial charge in [0.2, 0.25) is 0 Å². The standard InChI is InChI=1S/C36H37F4N5O4/c1-21(2)31-6-7-32(43-42-31)26-5-4-25(16-29(26)39)49-34-17-27(28(38)15-22(34)18-45-19-23(37)3-8-35(45)46)36(47)41-33-9-12-44(20-30(33)40)24-10-13-48-14-11-24/h3-8,15-17,19,21,24,30,33H,9-14,18,20H2,1-2H3,(H,41,47)/t30-,33+/m0/s1. The van der Waals surface area contributed by atoms with Gasteiger partial charge in [-0.3, -0.25) is 14.5 Å². The average Bonchev–Trinajstić information content (AvgIpc) is 3.09. The summed E-state index contributed by atoms with van der Waals surface area (Å²) < 4.78 is 72.7. The third-order valence-corrected chi connectivity index (χ3v) is 9.00. The summed E-state index contributed by atoms with van der Waals surface area (Å²) in [6.45, 7) is 5.59. The summed E-state index contributed by atoms with van der Waals surface area (Å²) in [4.78, 5) is 27.9. The van der Waals surface area contributed by atoms with E-state index in [1.54, 1.807) is 12.1 Å². The minimum atomic E-state index is -1.37. The first-order chi connectivity index (χ1) is 23.5. The molecular weight excluding hydrogens is 642 g/mol. The molecule has 0 unspecified atom stereocenters. The van der Waals surface area contributed by atoms with Crippen LogP contribution in [-0.2, 0) is 11.3 Å². The maximum absolute atomic E-state index is 15.6. The molecule has 0 spiro atoms. The van der Waals surface area contributed by atoms with Crippen molar-refractivity contribution in [1.29, 1.82) is 0 Å². The summed E-state index contributed by atoms with van der Waals surface area (Å²) in [6, 6.07) is 11.0. The van der Waals surface area contributed by atoms with Gasteiger partial charge in [0, 0.05) is 61.8 Å². The molecule has 2 aromatic carbocycles. The van der Waals surface area contributed by atoms with E-state index in [1.165, 1.54) is 12.1 Å². The van der Waals surface area contributed by atoms with Crippen LogP contribution in [0, 0.1) is 17.5 Å². The Balaban J connectivity index is 1.25. The van der Waals surface area contributed by atoms with E-state index >= 15 is 13.2 Å². The monoisotopic (exact) mass is 679 g/mol. The third kappa shape index (κ3) is 8.00. The number of carbonyl (C=O) groups is 1. The van der Waals surface area contributed by atoms with Gasteiger partial charge in [0.1, 0.15) is 35.1 Å². The van der Waals surface area contributed by atoms with Crippen LogP contribution in [0.3, 0.4) is 0 Å². The maximum atomic E-state index is 15.6. The Hall–Kier alpha value is -4.62. The second kappa shape index (κ2) is 14.9. The lowest BCUT2D eigenvalue weighted by molar-refractivity contribution is 0.00512. The van der Waals surface area contributed by atoms with Crippen LogP contribution in [0.2, 0.25) is 0 Å². The molecule has 1 N–H and O–H groups in total. The van der Waals surface area contributed by atoms with Crippen molar-refractivity contribution in [3.63, 3.8) is 0 Å². The lowest BCUT2D eigenvalue weighted by Gasteiger charge is -2.41. The van der Waals surface area contributed by atoms with E-state index in [2.05, 4.69) is 20.4 Å². The van der Waals surface area contributed by atoms with E-state index in [0.717, 1.165) is 59.6 Å². The average molecular weight is 680 g/mol. The van der Waals surface area contributed by atoms with Gasteiger partial charge in [-0.05, 0) is 67.6 Å². The number of amides is 1. The number of pyridine rings is 1. The van der Waals surface area contributed by atoms with Gasteiger partial charge in [-0.1, -0.05) is 13.8 Å². The molecule has 2 fully saturated rings. The number of carbonyl (C=O) groups excluding carboxylic acids is 1. The zero-order valence-electron chi connectivity index (χ0n) is 27.2. The van der Waals surface area contributed by atoms with Crippen LogP contribution in [0.4, 0.5) is 17.6 Å². The summed E-state index contributed by atoms with van der Waals surface area (Å²) >= 11 is 0. The van der Waals surface area contributed by atoms with Gasteiger partial charge in [0.25, 0.3) is 11.5 Å². The highest BCUT2D eigenvalue weighted by atomic mass is 19.1. The van der Waals surface area contributed by atoms with Crippen molar-refractivity contribution in [2.75, 3.05) is 26.3 Å². The zero-order chi connectivity index (χ0) is 34.7. The Morgan fingerprint density at radius 1 is 1.00 bits per heavy atom. The van der Waals surface area contributed by atoms with E-state index in [1.807, 2.05) is 13.8 Å². The van der Waals surface area contributed by atoms with Gasteiger partial charge in [-0.25, -0.2) is 17.6 Å². The Bertz CT molecular complexity index is 1860. The van der Waals surface area contributed by atoms with Crippen LogP contribution >= 0.6 is 0 Å². The number of hydrogen-bond donors (Lipinski definition) is 1. The predicted molar refractivity (Wildman–Crippen MR) is 174 cm³/mol. The van der Waals surface area contributed by atoms with Gasteiger partial charge in [0.15, 0.2) is 0 Å². The summed E-state index contributed by atoms with van der Waals surface area (Å²) in [5.41, 5.74) is 0.328. The molecule has 2 atom stereocenters. The van der Waals surface area contributed by atoms with Gasteiger partial charge in [-0.15, -0.1) is 0 Å². The molecular formula is C36H37F4N5O4. The molecule has 2 aromatic heterocycles. The Morgan fingerprint density at radius 2 is 1.80 bits per heavy atom. The van der Waals surface area contributed by atoms with Crippen molar-refractivity contribution >= 4 is 5.91 Å². The zero-order valence-corrected chi connectivity index (χ0v) is 27.2. The molecule has 0 saturated carbocycles. The van der Waals surface area contributed by atoms with Gasteiger partial charge < -0.3 is 19.4 Å². The smallest absolute Gasteiger partial charge is 0.254 e. The van der Waals surface area contributed by atoms with Crippen LogP contribution in [0.1, 0.15) is 60.6 Å². The fourth-order valence-electron chi connectivity index (χ4n) is 6.20. The number of alkyl halides is 1. The summed E-state index contributed by atoms with van der Waals surface area (Å²) in [7, 11) is 0. The minimum absolute atomic E-state index is 0.00289. The Morgan fingerprint density at radius 3 is 2.49 bits per heavy atom. The Labute approximate surface area is 280 Å². The summed E-state index contributed by atoms with van der Waals surface area (Å²) in [6.07, 6.45) is 1.56. The predicted octanol–water partition coefficient (Wildman–Crippen LogP) is 6.01. The number of ether oxygens (including phenoxy) is 2. The molecule has 2 saturated heterocycles. The number of piperidine rings is 1.